The average molecular weight is 382 g/mol. The van der Waals surface area contributed by atoms with Crippen molar-refractivity contribution in [2.75, 3.05) is 12.3 Å². The van der Waals surface area contributed by atoms with Gasteiger partial charge >= 0.3 is 0 Å². The van der Waals surface area contributed by atoms with E-state index in [1.54, 1.807) is 0 Å². The average Bonchev–Trinajstić information content (AvgIpc) is 3.16. The fourth-order valence-corrected chi connectivity index (χ4v) is 3.20. The molecule has 140 valence electrons. The third-order valence-corrected chi connectivity index (χ3v) is 5.28. The Balaban J connectivity index is 1.49. The monoisotopic (exact) mass is 381 g/mol. The van der Waals surface area contributed by atoms with Gasteiger partial charge < -0.3 is 9.73 Å². The van der Waals surface area contributed by atoms with E-state index in [2.05, 4.69) is 41.5 Å². The van der Waals surface area contributed by atoms with Crippen LogP contribution in [0.2, 0.25) is 0 Å². The van der Waals surface area contributed by atoms with Gasteiger partial charge in [0.1, 0.15) is 0 Å². The first-order valence-electron chi connectivity index (χ1n) is 8.88. The third-order valence-electron chi connectivity index (χ3n) is 4.46. The van der Waals surface area contributed by atoms with Crippen LogP contribution in [0.1, 0.15) is 29.5 Å². The summed E-state index contributed by atoms with van der Waals surface area (Å²) in [6, 6.07) is 16.1. The van der Waals surface area contributed by atoms with E-state index < -0.39 is 0 Å². The zero-order chi connectivity index (χ0) is 19.2. The number of hydrogen-bond acceptors (Lipinski definition) is 5. The summed E-state index contributed by atoms with van der Waals surface area (Å²) in [6.45, 7) is 6.80. The van der Waals surface area contributed by atoms with Crippen LogP contribution in [-0.4, -0.2) is 28.4 Å². The molecule has 27 heavy (non-hydrogen) atoms. The van der Waals surface area contributed by atoms with E-state index in [-0.39, 0.29) is 17.6 Å². The number of carbonyl (C=O) groups excluding carboxylic acids is 1. The summed E-state index contributed by atoms with van der Waals surface area (Å²) in [5, 5.41) is 11.5. The van der Waals surface area contributed by atoms with Crippen molar-refractivity contribution in [1.29, 1.82) is 0 Å². The smallest absolute Gasteiger partial charge is 0.277 e. The normalized spacial score (nSPS) is 12.0. The molecule has 0 saturated heterocycles. The van der Waals surface area contributed by atoms with E-state index >= 15 is 0 Å². The van der Waals surface area contributed by atoms with Gasteiger partial charge in [0.15, 0.2) is 0 Å². The molecule has 3 aromatic rings. The second-order valence-corrected chi connectivity index (χ2v) is 7.50. The minimum absolute atomic E-state index is 0.0475. The summed E-state index contributed by atoms with van der Waals surface area (Å²) >= 11 is 1.25. The molecule has 0 fully saturated rings. The van der Waals surface area contributed by atoms with Gasteiger partial charge in [0.25, 0.3) is 5.22 Å². The molecular formula is C21H23N3O2S. The van der Waals surface area contributed by atoms with Gasteiger partial charge in [-0.15, -0.1) is 10.2 Å². The van der Waals surface area contributed by atoms with E-state index in [9.17, 15) is 4.79 Å². The van der Waals surface area contributed by atoms with Crippen LogP contribution in [0, 0.1) is 13.8 Å². The Morgan fingerprint density at radius 1 is 1.11 bits per heavy atom. The third kappa shape index (κ3) is 5.20. The summed E-state index contributed by atoms with van der Waals surface area (Å²) in [4.78, 5) is 12.1. The number of nitrogens with one attached hydrogen (secondary N) is 1. The van der Waals surface area contributed by atoms with Gasteiger partial charge in [0.05, 0.1) is 5.75 Å². The first kappa shape index (κ1) is 19.2. The molecule has 1 heterocycles. The molecule has 1 amide bonds. The van der Waals surface area contributed by atoms with E-state index in [0.29, 0.717) is 17.7 Å². The van der Waals surface area contributed by atoms with Crippen LogP contribution in [0.4, 0.5) is 0 Å². The van der Waals surface area contributed by atoms with Crippen LogP contribution in [0.15, 0.2) is 58.2 Å². The Hall–Kier alpha value is -2.60. The van der Waals surface area contributed by atoms with Crippen LogP contribution in [0.25, 0.3) is 11.5 Å². The summed E-state index contributed by atoms with van der Waals surface area (Å²) in [5.41, 5.74) is 4.49. The maximum absolute atomic E-state index is 12.1. The zero-order valence-electron chi connectivity index (χ0n) is 15.7. The van der Waals surface area contributed by atoms with Gasteiger partial charge in [-0.2, -0.15) is 0 Å². The second-order valence-electron chi connectivity index (χ2n) is 6.58. The molecule has 0 unspecified atom stereocenters. The minimum Gasteiger partial charge on any atom is -0.411 e. The van der Waals surface area contributed by atoms with E-state index in [0.717, 1.165) is 5.56 Å². The summed E-state index contributed by atoms with van der Waals surface area (Å²) in [7, 11) is 0. The van der Waals surface area contributed by atoms with Crippen molar-refractivity contribution in [3.8, 4) is 11.5 Å². The van der Waals surface area contributed by atoms with Gasteiger partial charge in [0, 0.05) is 12.1 Å². The van der Waals surface area contributed by atoms with Crippen LogP contribution in [0.5, 0.6) is 0 Å². The van der Waals surface area contributed by atoms with E-state index in [4.69, 9.17) is 4.42 Å². The highest BCUT2D eigenvalue weighted by molar-refractivity contribution is 7.99. The predicted molar refractivity (Wildman–Crippen MR) is 108 cm³/mol. The van der Waals surface area contributed by atoms with Crippen molar-refractivity contribution >= 4 is 17.7 Å². The molecule has 1 N–H and O–H groups in total. The molecule has 1 atom stereocenters. The maximum atomic E-state index is 12.1. The number of thioether (sulfide) groups is 1. The highest BCUT2D eigenvalue weighted by Gasteiger charge is 2.13. The van der Waals surface area contributed by atoms with Crippen LogP contribution >= 0.6 is 11.8 Å². The van der Waals surface area contributed by atoms with Crippen LogP contribution < -0.4 is 5.32 Å². The lowest BCUT2D eigenvalue weighted by atomic mass is 10.0. The Labute approximate surface area is 163 Å². The first-order valence-corrected chi connectivity index (χ1v) is 9.87. The van der Waals surface area contributed by atoms with Gasteiger partial charge in [-0.05, 0) is 48.6 Å². The molecule has 5 nitrogen and oxygen atoms in total. The molecule has 6 heteroatoms. The summed E-state index contributed by atoms with van der Waals surface area (Å²) in [6.07, 6.45) is 0. The van der Waals surface area contributed by atoms with Crippen molar-refractivity contribution < 1.29 is 9.21 Å². The largest absolute Gasteiger partial charge is 0.411 e. The molecule has 2 aromatic carbocycles. The molecule has 0 aliphatic carbocycles. The molecule has 0 spiro atoms. The number of rotatable bonds is 7. The molecule has 0 aliphatic heterocycles. The lowest BCUT2D eigenvalue weighted by Crippen LogP contribution is -2.28. The Morgan fingerprint density at radius 3 is 2.63 bits per heavy atom. The molecule has 0 saturated carbocycles. The summed E-state index contributed by atoms with van der Waals surface area (Å²) in [5.74, 6) is 0.933. The fraction of sp³-hybridized carbons (Fsp3) is 0.286. The highest BCUT2D eigenvalue weighted by Crippen LogP contribution is 2.24. The minimum atomic E-state index is -0.0475. The predicted octanol–water partition coefficient (Wildman–Crippen LogP) is 4.37. The van der Waals surface area contributed by atoms with Gasteiger partial charge in [0.2, 0.25) is 11.8 Å². The fourth-order valence-electron chi connectivity index (χ4n) is 2.60. The SMILES string of the molecule is Cc1ccc(-c2nnc(SCC(=O)NC[C@@H](C)c3ccccc3)o2)cc1C. The van der Waals surface area contributed by atoms with E-state index in [1.165, 1.54) is 28.5 Å². The van der Waals surface area contributed by atoms with Gasteiger partial charge in [-0.1, -0.05) is 55.1 Å². The van der Waals surface area contributed by atoms with Gasteiger partial charge in [-0.25, -0.2) is 0 Å². The van der Waals surface area contributed by atoms with Crippen LogP contribution in [0.3, 0.4) is 0 Å². The lowest BCUT2D eigenvalue weighted by molar-refractivity contribution is -0.118. The van der Waals surface area contributed by atoms with Gasteiger partial charge in [-0.3, -0.25) is 4.79 Å². The highest BCUT2D eigenvalue weighted by atomic mass is 32.2. The maximum Gasteiger partial charge on any atom is 0.277 e. The van der Waals surface area contributed by atoms with Crippen molar-refractivity contribution in [2.45, 2.75) is 31.9 Å². The lowest BCUT2D eigenvalue weighted by Gasteiger charge is -2.12. The van der Waals surface area contributed by atoms with Crippen molar-refractivity contribution in [1.82, 2.24) is 15.5 Å². The molecule has 0 bridgehead atoms. The van der Waals surface area contributed by atoms with E-state index in [1.807, 2.05) is 43.3 Å². The number of aromatic nitrogens is 2. The Kier molecular flexibility index (Phi) is 6.29. The Bertz CT molecular complexity index is 909. The standard InChI is InChI=1S/C21H23N3O2S/c1-14-9-10-18(11-15(14)2)20-23-24-21(26-20)27-13-19(25)22-12-16(3)17-7-5-4-6-8-17/h4-11,16H,12-13H2,1-3H3,(H,22,25)/t16-/m1/s1. The number of amides is 1. The van der Waals surface area contributed by atoms with Crippen molar-refractivity contribution in [2.24, 2.45) is 0 Å². The second kappa shape index (κ2) is 8.86. The Morgan fingerprint density at radius 2 is 1.89 bits per heavy atom. The van der Waals surface area contributed by atoms with Crippen LogP contribution in [-0.2, 0) is 4.79 Å². The van der Waals surface area contributed by atoms with Crippen molar-refractivity contribution in [3.63, 3.8) is 0 Å². The molecule has 1 aromatic heterocycles. The number of hydrogen-bond donors (Lipinski definition) is 1. The molecular weight excluding hydrogens is 358 g/mol. The number of carbonyl (C=O) groups is 1. The molecule has 3 rings (SSSR count). The number of nitrogens with zero attached hydrogens (tertiary/aromatic N) is 2. The van der Waals surface area contributed by atoms with Crippen molar-refractivity contribution in [3.05, 3.63) is 65.2 Å². The number of aryl methyl sites for hydroxylation is 2. The molecule has 0 radical (unpaired) electrons. The first-order chi connectivity index (χ1) is 13.0. The zero-order valence-corrected chi connectivity index (χ0v) is 16.5. The quantitative estimate of drug-likeness (QED) is 0.616. The molecule has 0 aliphatic rings. The number of benzene rings is 2. The summed E-state index contributed by atoms with van der Waals surface area (Å²) < 4.78 is 5.67. The topological polar surface area (TPSA) is 68.0 Å².